The molecule has 88 valence electrons. The Labute approximate surface area is 116 Å². The van der Waals surface area contributed by atoms with Gasteiger partial charge in [0.1, 0.15) is 5.15 Å². The fourth-order valence-electron chi connectivity index (χ4n) is 1.36. The van der Waals surface area contributed by atoms with Crippen LogP contribution in [0, 0.1) is 0 Å². The molecule has 2 rings (SSSR count). The van der Waals surface area contributed by atoms with Gasteiger partial charge in [-0.15, -0.1) is 0 Å². The highest BCUT2D eigenvalue weighted by molar-refractivity contribution is 9.10. The second-order valence-corrected chi connectivity index (χ2v) is 5.12. The minimum Gasteiger partial charge on any atom is -0.295 e. The van der Waals surface area contributed by atoms with Crippen LogP contribution in [0.5, 0.6) is 0 Å². The SMILES string of the molecule is O=c1cc(Cl)ncn1Cc1ccc(Br)cc1Cl. The summed E-state index contributed by atoms with van der Waals surface area (Å²) in [7, 11) is 0. The topological polar surface area (TPSA) is 34.9 Å². The molecule has 0 aliphatic carbocycles. The van der Waals surface area contributed by atoms with Gasteiger partial charge in [-0.2, -0.15) is 0 Å². The quantitative estimate of drug-likeness (QED) is 0.790. The number of nitrogens with zero attached hydrogens (tertiary/aromatic N) is 2. The first-order chi connectivity index (χ1) is 8.06. The van der Waals surface area contributed by atoms with E-state index in [9.17, 15) is 4.79 Å². The van der Waals surface area contributed by atoms with Crippen LogP contribution in [0.4, 0.5) is 0 Å². The highest BCUT2D eigenvalue weighted by Crippen LogP contribution is 2.21. The molecule has 0 atom stereocenters. The second-order valence-electron chi connectivity index (χ2n) is 3.41. The van der Waals surface area contributed by atoms with Gasteiger partial charge < -0.3 is 0 Å². The first-order valence-electron chi connectivity index (χ1n) is 4.72. The van der Waals surface area contributed by atoms with E-state index >= 15 is 0 Å². The van der Waals surface area contributed by atoms with Gasteiger partial charge in [-0.05, 0) is 17.7 Å². The summed E-state index contributed by atoms with van der Waals surface area (Å²) in [5.41, 5.74) is 0.644. The van der Waals surface area contributed by atoms with E-state index in [4.69, 9.17) is 23.2 Å². The van der Waals surface area contributed by atoms with Crippen LogP contribution in [0.3, 0.4) is 0 Å². The van der Waals surface area contributed by atoms with Gasteiger partial charge in [0.15, 0.2) is 0 Å². The van der Waals surface area contributed by atoms with Crippen LogP contribution in [0.2, 0.25) is 10.2 Å². The van der Waals surface area contributed by atoms with E-state index in [2.05, 4.69) is 20.9 Å². The number of rotatable bonds is 2. The molecule has 0 bridgehead atoms. The van der Waals surface area contributed by atoms with Crippen molar-refractivity contribution in [2.45, 2.75) is 6.54 Å². The zero-order valence-electron chi connectivity index (χ0n) is 8.53. The summed E-state index contributed by atoms with van der Waals surface area (Å²) in [5.74, 6) is 0. The predicted molar refractivity (Wildman–Crippen MR) is 71.8 cm³/mol. The second kappa shape index (κ2) is 5.21. The van der Waals surface area contributed by atoms with Crippen LogP contribution in [0.1, 0.15) is 5.56 Å². The summed E-state index contributed by atoms with van der Waals surface area (Å²) in [6, 6.07) is 6.78. The Morgan fingerprint density at radius 2 is 2.06 bits per heavy atom. The van der Waals surface area contributed by atoms with E-state index < -0.39 is 0 Å². The van der Waals surface area contributed by atoms with Gasteiger partial charge >= 0.3 is 0 Å². The number of halogens is 3. The maximum Gasteiger partial charge on any atom is 0.255 e. The van der Waals surface area contributed by atoms with Crippen LogP contribution in [-0.2, 0) is 6.54 Å². The summed E-state index contributed by atoms with van der Waals surface area (Å²) in [4.78, 5) is 15.5. The number of benzene rings is 1. The lowest BCUT2D eigenvalue weighted by atomic mass is 10.2. The van der Waals surface area contributed by atoms with Crippen molar-refractivity contribution in [2.75, 3.05) is 0 Å². The molecule has 0 fully saturated rings. The molecule has 0 saturated heterocycles. The first kappa shape index (κ1) is 12.6. The number of hydrogen-bond acceptors (Lipinski definition) is 2. The summed E-state index contributed by atoms with van der Waals surface area (Å²) < 4.78 is 2.34. The summed E-state index contributed by atoms with van der Waals surface area (Å²) >= 11 is 15.0. The molecule has 6 heteroatoms. The molecule has 1 heterocycles. The normalized spacial score (nSPS) is 10.5. The standard InChI is InChI=1S/C11H7BrCl2N2O/c12-8-2-1-7(9(13)3-8)5-16-6-15-10(14)4-11(16)17/h1-4,6H,5H2. The molecule has 17 heavy (non-hydrogen) atoms. The van der Waals surface area contributed by atoms with Crippen LogP contribution < -0.4 is 5.56 Å². The lowest BCUT2D eigenvalue weighted by Gasteiger charge is -2.07. The van der Waals surface area contributed by atoms with Crippen molar-refractivity contribution in [3.05, 3.63) is 61.2 Å². The van der Waals surface area contributed by atoms with Crippen LogP contribution >= 0.6 is 39.1 Å². The summed E-state index contributed by atoms with van der Waals surface area (Å²) in [5, 5.41) is 0.786. The van der Waals surface area contributed by atoms with Crippen LogP contribution in [0.15, 0.2) is 39.9 Å². The maximum atomic E-state index is 11.6. The number of hydrogen-bond donors (Lipinski definition) is 0. The average Bonchev–Trinajstić information content (AvgIpc) is 2.25. The van der Waals surface area contributed by atoms with Crippen molar-refractivity contribution >= 4 is 39.1 Å². The Hall–Kier alpha value is -0.840. The molecule has 2 aromatic rings. The van der Waals surface area contributed by atoms with Gasteiger partial charge in [-0.25, -0.2) is 4.98 Å². The van der Waals surface area contributed by atoms with Gasteiger partial charge in [0.05, 0.1) is 12.9 Å². The van der Waals surface area contributed by atoms with Crippen molar-refractivity contribution in [1.82, 2.24) is 9.55 Å². The van der Waals surface area contributed by atoms with E-state index in [1.807, 2.05) is 12.1 Å². The van der Waals surface area contributed by atoms with Gasteiger partial charge in [-0.1, -0.05) is 45.2 Å². The molecular weight excluding hydrogens is 327 g/mol. The molecule has 0 spiro atoms. The molecule has 0 saturated carbocycles. The fourth-order valence-corrected chi connectivity index (χ4v) is 2.23. The molecule has 0 amide bonds. The smallest absolute Gasteiger partial charge is 0.255 e. The van der Waals surface area contributed by atoms with Crippen LogP contribution in [0.25, 0.3) is 0 Å². The van der Waals surface area contributed by atoms with E-state index in [1.54, 1.807) is 6.07 Å². The van der Waals surface area contributed by atoms with Crippen molar-refractivity contribution in [3.63, 3.8) is 0 Å². The molecule has 0 aliphatic rings. The molecule has 0 N–H and O–H groups in total. The predicted octanol–water partition coefficient (Wildman–Crippen LogP) is 3.36. The van der Waals surface area contributed by atoms with Crippen LogP contribution in [-0.4, -0.2) is 9.55 Å². The molecule has 0 unspecified atom stereocenters. The van der Waals surface area contributed by atoms with Gasteiger partial charge in [-0.3, -0.25) is 9.36 Å². The largest absolute Gasteiger partial charge is 0.295 e. The Balaban J connectivity index is 2.35. The molecule has 0 radical (unpaired) electrons. The third kappa shape index (κ3) is 3.09. The highest BCUT2D eigenvalue weighted by atomic mass is 79.9. The third-order valence-electron chi connectivity index (χ3n) is 2.20. The first-order valence-corrected chi connectivity index (χ1v) is 6.27. The van der Waals surface area contributed by atoms with Crippen molar-refractivity contribution in [3.8, 4) is 0 Å². The summed E-state index contributed by atoms with van der Waals surface area (Å²) in [6.07, 6.45) is 1.41. The Kier molecular flexibility index (Phi) is 3.86. The minimum atomic E-state index is -0.205. The Morgan fingerprint density at radius 1 is 1.29 bits per heavy atom. The molecule has 0 aliphatic heterocycles. The lowest BCUT2D eigenvalue weighted by molar-refractivity contribution is 0.736. The third-order valence-corrected chi connectivity index (χ3v) is 3.25. The van der Waals surface area contributed by atoms with Gasteiger partial charge in [0.2, 0.25) is 0 Å². The Bertz CT molecular complexity index is 613. The zero-order chi connectivity index (χ0) is 12.4. The minimum absolute atomic E-state index is 0.188. The molecule has 1 aromatic heterocycles. The van der Waals surface area contributed by atoms with Crippen molar-refractivity contribution < 1.29 is 0 Å². The summed E-state index contributed by atoms with van der Waals surface area (Å²) in [6.45, 7) is 0.370. The monoisotopic (exact) mass is 332 g/mol. The molecule has 3 nitrogen and oxygen atoms in total. The van der Waals surface area contributed by atoms with E-state index in [1.165, 1.54) is 17.0 Å². The van der Waals surface area contributed by atoms with Crippen molar-refractivity contribution in [1.29, 1.82) is 0 Å². The van der Waals surface area contributed by atoms with E-state index in [0.717, 1.165) is 10.0 Å². The van der Waals surface area contributed by atoms with Gasteiger partial charge in [0.25, 0.3) is 5.56 Å². The zero-order valence-corrected chi connectivity index (χ0v) is 11.6. The molecule has 1 aromatic carbocycles. The van der Waals surface area contributed by atoms with Crippen molar-refractivity contribution in [2.24, 2.45) is 0 Å². The Morgan fingerprint density at radius 3 is 2.71 bits per heavy atom. The number of aromatic nitrogens is 2. The average molecular weight is 334 g/mol. The highest BCUT2D eigenvalue weighted by Gasteiger charge is 2.04. The fraction of sp³-hybridized carbons (Fsp3) is 0.0909. The van der Waals surface area contributed by atoms with E-state index in [0.29, 0.717) is 11.6 Å². The maximum absolute atomic E-state index is 11.6. The van der Waals surface area contributed by atoms with Gasteiger partial charge in [0, 0.05) is 15.6 Å². The van der Waals surface area contributed by atoms with E-state index in [-0.39, 0.29) is 10.7 Å². The molecular formula is C11H7BrCl2N2O. The lowest BCUT2D eigenvalue weighted by Crippen LogP contribution is -2.20.